The van der Waals surface area contributed by atoms with Crippen molar-refractivity contribution in [3.63, 3.8) is 0 Å². The molecule has 2 rings (SSSR count). The van der Waals surface area contributed by atoms with Crippen LogP contribution in [-0.2, 0) is 10.8 Å². The lowest BCUT2D eigenvalue weighted by Gasteiger charge is -2.43. The second-order valence-corrected chi connectivity index (χ2v) is 9.58. The Kier molecular flexibility index (Phi) is 8.49. The molecule has 1 atom stereocenters. The fraction of sp³-hybridized carbons (Fsp3) is 0.417. The van der Waals surface area contributed by atoms with Crippen LogP contribution in [0.5, 0.6) is 17.2 Å². The van der Waals surface area contributed by atoms with Crippen LogP contribution in [0.2, 0.25) is 0 Å². The predicted octanol–water partition coefficient (Wildman–Crippen LogP) is 3.77. The molecule has 0 spiro atoms. The van der Waals surface area contributed by atoms with Gasteiger partial charge in [-0.25, -0.2) is 10.0 Å². The lowest BCUT2D eigenvalue weighted by atomic mass is 10.0. The Hall–Kier alpha value is -3.07. The van der Waals surface area contributed by atoms with Crippen LogP contribution in [0.15, 0.2) is 41.3 Å². The van der Waals surface area contributed by atoms with Crippen molar-refractivity contribution < 1.29 is 28.0 Å². The number of amides is 2. The summed E-state index contributed by atoms with van der Waals surface area (Å²) in [5.74, 6) is 0.252. The van der Waals surface area contributed by atoms with Gasteiger partial charge in [-0.05, 0) is 58.0 Å². The van der Waals surface area contributed by atoms with E-state index in [1.54, 1.807) is 49.6 Å². The number of nitrogens with zero attached hydrogens (tertiary/aromatic N) is 2. The predicted molar refractivity (Wildman–Crippen MR) is 128 cm³/mol. The van der Waals surface area contributed by atoms with E-state index in [0.29, 0.717) is 27.7 Å². The fourth-order valence-electron chi connectivity index (χ4n) is 3.44. The highest BCUT2D eigenvalue weighted by Crippen LogP contribution is 2.39. The molecule has 2 aromatic rings. The van der Waals surface area contributed by atoms with Gasteiger partial charge in [-0.2, -0.15) is 0 Å². The summed E-state index contributed by atoms with van der Waals surface area (Å²) >= 11 is 0. The van der Waals surface area contributed by atoms with Crippen molar-refractivity contribution in [1.29, 1.82) is 0 Å². The molecule has 180 valence electrons. The zero-order chi connectivity index (χ0) is 24.9. The zero-order valence-electron chi connectivity index (χ0n) is 20.4. The number of ether oxygens (including phenoxy) is 3. The van der Waals surface area contributed by atoms with E-state index in [4.69, 9.17) is 14.2 Å². The standard InChI is InChI=1S/C24H32N2O6S/c1-9-25(22(27)16-11-10-12-18(13-16)33(8)29)26(24(2,3)4)23(28)17-14-19(30-5)21(32-7)20(15-17)31-6/h10-15H,9H2,1-8H3. The molecule has 0 aliphatic rings. The molecule has 1 unspecified atom stereocenters. The van der Waals surface area contributed by atoms with E-state index in [1.807, 2.05) is 20.8 Å². The van der Waals surface area contributed by atoms with E-state index in [1.165, 1.54) is 31.3 Å². The van der Waals surface area contributed by atoms with Crippen molar-refractivity contribution >= 4 is 22.6 Å². The van der Waals surface area contributed by atoms with Gasteiger partial charge < -0.3 is 14.2 Å². The lowest BCUT2D eigenvalue weighted by molar-refractivity contribution is -0.0411. The summed E-state index contributed by atoms with van der Waals surface area (Å²) in [4.78, 5) is 27.8. The largest absolute Gasteiger partial charge is 0.493 e. The number of benzene rings is 2. The first-order valence-electron chi connectivity index (χ1n) is 10.4. The highest BCUT2D eigenvalue weighted by molar-refractivity contribution is 7.84. The third kappa shape index (κ3) is 5.65. The molecule has 2 aromatic carbocycles. The maximum absolute atomic E-state index is 13.8. The van der Waals surface area contributed by atoms with Gasteiger partial charge in [-0.1, -0.05) is 6.07 Å². The highest BCUT2D eigenvalue weighted by atomic mass is 32.2. The van der Waals surface area contributed by atoms with Gasteiger partial charge >= 0.3 is 0 Å². The Morgan fingerprint density at radius 1 is 0.909 bits per heavy atom. The summed E-state index contributed by atoms with van der Waals surface area (Å²) < 4.78 is 28.0. The summed E-state index contributed by atoms with van der Waals surface area (Å²) in [6.07, 6.45) is 1.55. The number of hydrogen-bond donors (Lipinski definition) is 0. The Labute approximate surface area is 197 Å². The molecule has 0 bridgehead atoms. The van der Waals surface area contributed by atoms with Crippen LogP contribution >= 0.6 is 0 Å². The molecule has 2 amide bonds. The molecule has 0 radical (unpaired) electrons. The van der Waals surface area contributed by atoms with Gasteiger partial charge in [-0.3, -0.25) is 13.8 Å². The highest BCUT2D eigenvalue weighted by Gasteiger charge is 2.36. The molecule has 0 heterocycles. The van der Waals surface area contributed by atoms with E-state index in [2.05, 4.69) is 0 Å². The summed E-state index contributed by atoms with van der Waals surface area (Å²) in [5, 5.41) is 2.81. The lowest BCUT2D eigenvalue weighted by Crippen LogP contribution is -2.58. The van der Waals surface area contributed by atoms with E-state index in [9.17, 15) is 13.8 Å². The quantitative estimate of drug-likeness (QED) is 0.566. The minimum Gasteiger partial charge on any atom is -0.493 e. The average molecular weight is 477 g/mol. The van der Waals surface area contributed by atoms with Crippen molar-refractivity contribution in [3.05, 3.63) is 47.5 Å². The van der Waals surface area contributed by atoms with Crippen LogP contribution in [-0.4, -0.2) is 65.7 Å². The molecule has 0 saturated heterocycles. The fourth-order valence-corrected chi connectivity index (χ4v) is 4.00. The topological polar surface area (TPSA) is 85.4 Å². The normalized spacial score (nSPS) is 12.0. The van der Waals surface area contributed by atoms with Gasteiger partial charge in [0.15, 0.2) is 11.5 Å². The summed E-state index contributed by atoms with van der Waals surface area (Å²) in [7, 11) is 3.19. The van der Waals surface area contributed by atoms with Gasteiger partial charge in [0.05, 0.1) is 26.9 Å². The van der Waals surface area contributed by atoms with Gasteiger partial charge in [0.1, 0.15) is 0 Å². The molecule has 0 N–H and O–H groups in total. The van der Waals surface area contributed by atoms with E-state index in [0.717, 1.165) is 0 Å². The minimum atomic E-state index is -1.24. The van der Waals surface area contributed by atoms with Crippen LogP contribution in [0, 0.1) is 0 Å². The van der Waals surface area contributed by atoms with Crippen LogP contribution < -0.4 is 14.2 Å². The second kappa shape index (κ2) is 10.7. The first-order valence-corrected chi connectivity index (χ1v) is 12.0. The van der Waals surface area contributed by atoms with Gasteiger partial charge in [0.25, 0.3) is 11.8 Å². The first kappa shape index (κ1) is 26.2. The van der Waals surface area contributed by atoms with Crippen LogP contribution in [0.1, 0.15) is 48.4 Å². The molecule has 0 aliphatic carbocycles. The van der Waals surface area contributed by atoms with Crippen molar-refractivity contribution in [2.45, 2.75) is 38.1 Å². The van der Waals surface area contributed by atoms with Crippen molar-refractivity contribution in [2.75, 3.05) is 34.1 Å². The molecule has 0 aliphatic heterocycles. The Balaban J connectivity index is 2.59. The Morgan fingerprint density at radius 3 is 1.91 bits per heavy atom. The molecule has 0 fully saturated rings. The summed E-state index contributed by atoms with van der Waals surface area (Å²) in [6.45, 7) is 7.57. The zero-order valence-corrected chi connectivity index (χ0v) is 21.2. The minimum absolute atomic E-state index is 0.242. The molecule has 0 saturated carbocycles. The monoisotopic (exact) mass is 476 g/mol. The summed E-state index contributed by atoms with van der Waals surface area (Å²) in [5.41, 5.74) is -0.125. The van der Waals surface area contributed by atoms with E-state index in [-0.39, 0.29) is 18.0 Å². The third-order valence-electron chi connectivity index (χ3n) is 4.93. The Bertz CT molecular complexity index is 1020. The van der Waals surface area contributed by atoms with Gasteiger partial charge in [0.2, 0.25) is 5.75 Å². The van der Waals surface area contributed by atoms with Crippen molar-refractivity contribution in [3.8, 4) is 17.2 Å². The SMILES string of the molecule is CCN(C(=O)c1cccc(S(C)=O)c1)N(C(=O)c1cc(OC)c(OC)c(OC)c1)C(C)(C)C. The summed E-state index contributed by atoms with van der Waals surface area (Å²) in [6, 6.07) is 9.73. The maximum atomic E-state index is 13.8. The molecular formula is C24H32N2O6S. The van der Waals surface area contributed by atoms with Crippen molar-refractivity contribution in [1.82, 2.24) is 10.0 Å². The molecule has 0 aromatic heterocycles. The van der Waals surface area contributed by atoms with E-state index >= 15 is 0 Å². The second-order valence-electron chi connectivity index (χ2n) is 8.20. The molecule has 9 heteroatoms. The van der Waals surface area contributed by atoms with Crippen molar-refractivity contribution in [2.24, 2.45) is 0 Å². The number of carbonyl (C=O) groups excluding carboxylic acids is 2. The third-order valence-corrected chi connectivity index (χ3v) is 5.85. The number of methoxy groups -OCH3 is 3. The average Bonchev–Trinajstić information content (AvgIpc) is 2.79. The number of hydrazine groups is 1. The van der Waals surface area contributed by atoms with Gasteiger partial charge in [0, 0.05) is 39.6 Å². The molecule has 8 nitrogen and oxygen atoms in total. The number of rotatable bonds is 7. The smallest absolute Gasteiger partial charge is 0.273 e. The van der Waals surface area contributed by atoms with E-state index < -0.39 is 22.2 Å². The number of carbonyl (C=O) groups is 2. The maximum Gasteiger partial charge on any atom is 0.273 e. The van der Waals surface area contributed by atoms with Crippen LogP contribution in [0.25, 0.3) is 0 Å². The van der Waals surface area contributed by atoms with Crippen LogP contribution in [0.4, 0.5) is 0 Å². The number of hydrogen-bond acceptors (Lipinski definition) is 6. The first-order chi connectivity index (χ1) is 15.5. The molecular weight excluding hydrogens is 444 g/mol. The van der Waals surface area contributed by atoms with Gasteiger partial charge in [-0.15, -0.1) is 0 Å². The van der Waals surface area contributed by atoms with Crippen LogP contribution in [0.3, 0.4) is 0 Å². The Morgan fingerprint density at radius 2 is 1.48 bits per heavy atom. The molecule has 33 heavy (non-hydrogen) atoms.